The largest absolute Gasteiger partial charge is 0.444 e. The lowest BCUT2D eigenvalue weighted by Gasteiger charge is -2.27. The van der Waals surface area contributed by atoms with Gasteiger partial charge < -0.3 is 9.64 Å². The van der Waals surface area contributed by atoms with E-state index in [0.717, 1.165) is 19.3 Å². The summed E-state index contributed by atoms with van der Waals surface area (Å²) in [6.45, 7) is 6.76. The molecule has 1 heterocycles. The van der Waals surface area contributed by atoms with Crippen molar-refractivity contribution in [3.05, 3.63) is 0 Å². The quantitative estimate of drug-likeness (QED) is 0.635. The lowest BCUT2D eigenvalue weighted by atomic mass is 10.1. The van der Waals surface area contributed by atoms with Gasteiger partial charge >= 0.3 is 6.09 Å². The first-order valence-corrected chi connectivity index (χ1v) is 5.80. The molecule has 0 aromatic heterocycles. The van der Waals surface area contributed by atoms with Crippen molar-refractivity contribution in [3.8, 4) is 6.07 Å². The van der Waals surface area contributed by atoms with Crippen molar-refractivity contribution in [1.82, 2.24) is 4.90 Å². The number of hydrogen-bond acceptors (Lipinski definition) is 3. The zero-order chi connectivity index (χ0) is 12.2. The van der Waals surface area contributed by atoms with Crippen LogP contribution in [0, 0.1) is 17.2 Å². The van der Waals surface area contributed by atoms with Gasteiger partial charge in [-0.25, -0.2) is 4.79 Å². The first kappa shape index (κ1) is 12.8. The molecule has 1 aliphatic heterocycles. The second-order valence-electron chi connectivity index (χ2n) is 5.25. The summed E-state index contributed by atoms with van der Waals surface area (Å²) in [5.41, 5.74) is -0.467. The van der Waals surface area contributed by atoms with E-state index in [0.29, 0.717) is 13.1 Å². The second kappa shape index (κ2) is 5.20. The Balaban J connectivity index is 2.57. The Morgan fingerprint density at radius 2 is 2.12 bits per heavy atom. The molecule has 1 unspecified atom stereocenters. The van der Waals surface area contributed by atoms with Crippen molar-refractivity contribution in [3.63, 3.8) is 0 Å². The standard InChI is InChI=1S/C12H20N2O2/c1-12(2,3)16-11(15)14-7-5-4-6-10(8-13)9-14/h10H,4-7,9H2,1-3H3. The van der Waals surface area contributed by atoms with E-state index in [2.05, 4.69) is 6.07 Å². The van der Waals surface area contributed by atoms with E-state index in [-0.39, 0.29) is 12.0 Å². The van der Waals surface area contributed by atoms with E-state index in [1.165, 1.54) is 0 Å². The minimum absolute atomic E-state index is 0.0463. The summed E-state index contributed by atoms with van der Waals surface area (Å²) in [6.07, 6.45) is 2.56. The van der Waals surface area contributed by atoms with E-state index in [9.17, 15) is 4.79 Å². The summed E-state index contributed by atoms with van der Waals surface area (Å²) in [5, 5.41) is 8.92. The van der Waals surface area contributed by atoms with Gasteiger partial charge in [0.1, 0.15) is 5.60 Å². The van der Waals surface area contributed by atoms with Crippen molar-refractivity contribution in [2.24, 2.45) is 5.92 Å². The molecule has 0 saturated carbocycles. The normalized spacial score (nSPS) is 22.1. The number of nitrogens with zero attached hydrogens (tertiary/aromatic N) is 2. The Morgan fingerprint density at radius 3 is 2.69 bits per heavy atom. The molecule has 0 bridgehead atoms. The summed E-state index contributed by atoms with van der Waals surface area (Å²) in [5.74, 6) is -0.0463. The van der Waals surface area contributed by atoms with Crippen LogP contribution < -0.4 is 0 Å². The molecular weight excluding hydrogens is 204 g/mol. The summed E-state index contributed by atoms with van der Waals surface area (Å²) in [4.78, 5) is 13.5. The predicted octanol–water partition coefficient (Wildman–Crippen LogP) is 2.55. The first-order valence-electron chi connectivity index (χ1n) is 5.80. The third kappa shape index (κ3) is 4.09. The highest BCUT2D eigenvalue weighted by molar-refractivity contribution is 5.68. The number of ether oxygens (including phenoxy) is 1. The number of nitriles is 1. The number of rotatable bonds is 0. The molecule has 0 aliphatic carbocycles. The first-order chi connectivity index (χ1) is 7.42. The number of carbonyl (C=O) groups excluding carboxylic acids is 1. The molecule has 4 nitrogen and oxygen atoms in total. The average Bonchev–Trinajstić information content (AvgIpc) is 2.39. The maximum Gasteiger partial charge on any atom is 0.410 e. The van der Waals surface area contributed by atoms with Crippen molar-refractivity contribution in [2.75, 3.05) is 13.1 Å². The number of carbonyl (C=O) groups is 1. The molecule has 0 N–H and O–H groups in total. The van der Waals surface area contributed by atoms with Crippen molar-refractivity contribution < 1.29 is 9.53 Å². The van der Waals surface area contributed by atoms with Gasteiger partial charge in [0.05, 0.1) is 12.0 Å². The molecule has 0 aromatic rings. The van der Waals surface area contributed by atoms with Crippen LogP contribution in [0.3, 0.4) is 0 Å². The lowest BCUT2D eigenvalue weighted by molar-refractivity contribution is 0.0245. The van der Waals surface area contributed by atoms with Gasteiger partial charge in [0.25, 0.3) is 0 Å². The third-order valence-corrected chi connectivity index (χ3v) is 2.51. The van der Waals surface area contributed by atoms with Gasteiger partial charge in [0.2, 0.25) is 0 Å². The fraction of sp³-hybridized carbons (Fsp3) is 0.833. The van der Waals surface area contributed by atoms with Crippen LogP contribution in [-0.4, -0.2) is 29.7 Å². The van der Waals surface area contributed by atoms with Gasteiger partial charge in [-0.05, 0) is 33.6 Å². The minimum Gasteiger partial charge on any atom is -0.444 e. The smallest absolute Gasteiger partial charge is 0.410 e. The Bertz CT molecular complexity index is 288. The van der Waals surface area contributed by atoms with Crippen LogP contribution in [0.2, 0.25) is 0 Å². The summed E-state index contributed by atoms with van der Waals surface area (Å²) >= 11 is 0. The number of hydrogen-bond donors (Lipinski definition) is 0. The Hall–Kier alpha value is -1.24. The van der Waals surface area contributed by atoms with Gasteiger partial charge in [-0.1, -0.05) is 6.42 Å². The summed E-state index contributed by atoms with van der Waals surface area (Å²) in [6, 6.07) is 2.24. The molecular formula is C12H20N2O2. The third-order valence-electron chi connectivity index (χ3n) is 2.51. The lowest BCUT2D eigenvalue weighted by Crippen LogP contribution is -2.38. The fourth-order valence-corrected chi connectivity index (χ4v) is 1.74. The van der Waals surface area contributed by atoms with Crippen LogP contribution in [0.15, 0.2) is 0 Å². The fourth-order valence-electron chi connectivity index (χ4n) is 1.74. The minimum atomic E-state index is -0.467. The van der Waals surface area contributed by atoms with Crippen LogP contribution in [-0.2, 0) is 4.74 Å². The molecule has 1 saturated heterocycles. The van der Waals surface area contributed by atoms with Gasteiger partial charge in [-0.2, -0.15) is 5.26 Å². The van der Waals surface area contributed by atoms with Crippen molar-refractivity contribution in [1.29, 1.82) is 5.26 Å². The Morgan fingerprint density at radius 1 is 1.44 bits per heavy atom. The van der Waals surface area contributed by atoms with Gasteiger partial charge in [0.15, 0.2) is 0 Å². The molecule has 16 heavy (non-hydrogen) atoms. The maximum absolute atomic E-state index is 11.8. The monoisotopic (exact) mass is 224 g/mol. The molecule has 90 valence electrons. The van der Waals surface area contributed by atoms with E-state index in [1.54, 1.807) is 4.90 Å². The van der Waals surface area contributed by atoms with E-state index >= 15 is 0 Å². The highest BCUT2D eigenvalue weighted by Gasteiger charge is 2.26. The molecule has 1 fully saturated rings. The zero-order valence-electron chi connectivity index (χ0n) is 10.3. The SMILES string of the molecule is CC(C)(C)OC(=O)N1CCCCC(C#N)C1. The highest BCUT2D eigenvalue weighted by atomic mass is 16.6. The van der Waals surface area contributed by atoms with Crippen molar-refractivity contribution >= 4 is 6.09 Å². The van der Waals surface area contributed by atoms with Gasteiger partial charge in [0, 0.05) is 13.1 Å². The van der Waals surface area contributed by atoms with Gasteiger partial charge in [-0.15, -0.1) is 0 Å². The number of amides is 1. The molecule has 0 radical (unpaired) electrons. The number of likely N-dealkylation sites (tertiary alicyclic amines) is 1. The van der Waals surface area contributed by atoms with E-state index < -0.39 is 5.60 Å². The molecule has 1 aliphatic rings. The molecule has 1 amide bonds. The highest BCUT2D eigenvalue weighted by Crippen LogP contribution is 2.18. The molecule has 0 aromatic carbocycles. The summed E-state index contributed by atoms with van der Waals surface area (Å²) in [7, 11) is 0. The maximum atomic E-state index is 11.8. The second-order valence-corrected chi connectivity index (χ2v) is 5.25. The average molecular weight is 224 g/mol. The Kier molecular flexibility index (Phi) is 4.17. The topological polar surface area (TPSA) is 53.3 Å². The molecule has 4 heteroatoms. The van der Waals surface area contributed by atoms with Crippen LogP contribution in [0.1, 0.15) is 40.0 Å². The van der Waals surface area contributed by atoms with E-state index in [4.69, 9.17) is 10.00 Å². The molecule has 1 atom stereocenters. The molecule has 1 rings (SSSR count). The Labute approximate surface area is 97.2 Å². The summed E-state index contributed by atoms with van der Waals surface area (Å²) < 4.78 is 5.30. The zero-order valence-corrected chi connectivity index (χ0v) is 10.3. The van der Waals surface area contributed by atoms with Crippen LogP contribution in [0.4, 0.5) is 4.79 Å². The van der Waals surface area contributed by atoms with E-state index in [1.807, 2.05) is 20.8 Å². The van der Waals surface area contributed by atoms with Crippen LogP contribution in [0.25, 0.3) is 0 Å². The van der Waals surface area contributed by atoms with Crippen LogP contribution >= 0.6 is 0 Å². The van der Waals surface area contributed by atoms with Crippen LogP contribution in [0.5, 0.6) is 0 Å². The predicted molar refractivity (Wildman–Crippen MR) is 60.8 cm³/mol. The molecule has 0 spiro atoms. The van der Waals surface area contributed by atoms with Gasteiger partial charge in [-0.3, -0.25) is 0 Å². The van der Waals surface area contributed by atoms with Crippen molar-refractivity contribution in [2.45, 2.75) is 45.6 Å².